The highest BCUT2D eigenvalue weighted by Crippen LogP contribution is 2.22. The Hall–Kier alpha value is -2.65. The van der Waals surface area contributed by atoms with E-state index in [1.165, 1.54) is 0 Å². The number of hydrogen-bond donors (Lipinski definition) is 3. The van der Waals surface area contributed by atoms with Gasteiger partial charge in [0.15, 0.2) is 0 Å². The highest BCUT2D eigenvalue weighted by Gasteiger charge is 2.34. The van der Waals surface area contributed by atoms with Crippen molar-refractivity contribution in [1.82, 2.24) is 9.80 Å². The number of carbonyl (C=O) groups excluding carboxylic acids is 1. The predicted molar refractivity (Wildman–Crippen MR) is 95.6 cm³/mol. The molecule has 1 amide bonds. The summed E-state index contributed by atoms with van der Waals surface area (Å²) in [6, 6.07) is 6.93. The van der Waals surface area contributed by atoms with Crippen LogP contribution < -0.4 is 10.6 Å². The number of amides is 1. The Bertz CT molecular complexity index is 685. The van der Waals surface area contributed by atoms with E-state index in [1.54, 1.807) is 29.2 Å². The molecule has 4 N–H and O–H groups in total. The second-order valence-corrected chi connectivity index (χ2v) is 6.55. The number of piperazine rings is 1. The number of amidine groups is 1. The lowest BCUT2D eigenvalue weighted by Crippen LogP contribution is -2.50. The molecule has 0 unspecified atom stereocenters. The fourth-order valence-electron chi connectivity index (χ4n) is 3.26. The molecule has 2 saturated heterocycles. The van der Waals surface area contributed by atoms with Gasteiger partial charge in [-0.25, -0.2) is 4.79 Å². The van der Waals surface area contributed by atoms with Crippen LogP contribution in [-0.2, 0) is 9.53 Å². The summed E-state index contributed by atoms with van der Waals surface area (Å²) in [5.74, 6) is -0.824. The van der Waals surface area contributed by atoms with Crippen LogP contribution in [0.4, 0.5) is 10.5 Å². The number of carboxylic acids is 1. The van der Waals surface area contributed by atoms with Gasteiger partial charge in [0.2, 0.25) is 0 Å². The molecule has 2 fully saturated rings. The maximum absolute atomic E-state index is 12.2. The van der Waals surface area contributed by atoms with Crippen LogP contribution in [0.1, 0.15) is 5.56 Å². The summed E-state index contributed by atoms with van der Waals surface area (Å²) in [6.07, 6.45) is -0.601. The standard InChI is InChI=1S/C17H23N5O4/c18-16(19)12-1-3-13(4-2-12)22-10-14(26-17(22)25)9-20-5-7-21(8-6-20)11-15(23)24/h1-4,14H,5-11H2,(H3,18,19)(H,23,24)/t14-/m1/s1. The summed E-state index contributed by atoms with van der Waals surface area (Å²) < 4.78 is 5.47. The molecule has 1 atom stereocenters. The van der Waals surface area contributed by atoms with Crippen LogP contribution in [0.25, 0.3) is 0 Å². The van der Waals surface area contributed by atoms with Crippen LogP contribution in [0.2, 0.25) is 0 Å². The van der Waals surface area contributed by atoms with Gasteiger partial charge in [-0.15, -0.1) is 0 Å². The molecule has 0 aromatic heterocycles. The second-order valence-electron chi connectivity index (χ2n) is 6.55. The van der Waals surface area contributed by atoms with E-state index in [9.17, 15) is 9.59 Å². The van der Waals surface area contributed by atoms with Crippen molar-refractivity contribution in [2.75, 3.05) is 50.7 Å². The molecule has 9 heteroatoms. The van der Waals surface area contributed by atoms with Gasteiger partial charge in [0, 0.05) is 44.0 Å². The van der Waals surface area contributed by atoms with E-state index in [4.69, 9.17) is 21.0 Å². The van der Waals surface area contributed by atoms with Crippen molar-refractivity contribution in [3.63, 3.8) is 0 Å². The van der Waals surface area contributed by atoms with Gasteiger partial charge in [-0.1, -0.05) is 0 Å². The van der Waals surface area contributed by atoms with Gasteiger partial charge in [-0.2, -0.15) is 0 Å². The number of nitrogen functional groups attached to an aromatic ring is 1. The number of ether oxygens (including phenoxy) is 1. The van der Waals surface area contributed by atoms with Crippen molar-refractivity contribution in [3.8, 4) is 0 Å². The molecule has 140 valence electrons. The third-order valence-electron chi connectivity index (χ3n) is 4.65. The molecular formula is C17H23N5O4. The number of nitrogens with zero attached hydrogens (tertiary/aromatic N) is 3. The summed E-state index contributed by atoms with van der Waals surface area (Å²) in [7, 11) is 0. The summed E-state index contributed by atoms with van der Waals surface area (Å²) >= 11 is 0. The molecule has 2 aliphatic rings. The fourth-order valence-corrected chi connectivity index (χ4v) is 3.26. The van der Waals surface area contributed by atoms with Crippen LogP contribution in [0.3, 0.4) is 0 Å². The van der Waals surface area contributed by atoms with Crippen LogP contribution >= 0.6 is 0 Å². The van der Waals surface area contributed by atoms with Gasteiger partial charge in [0.25, 0.3) is 0 Å². The number of aliphatic carboxylic acids is 1. The Morgan fingerprint density at radius 1 is 1.19 bits per heavy atom. The fraction of sp³-hybridized carbons (Fsp3) is 0.471. The molecule has 26 heavy (non-hydrogen) atoms. The van der Waals surface area contributed by atoms with E-state index in [2.05, 4.69) is 4.90 Å². The van der Waals surface area contributed by atoms with E-state index in [0.717, 1.165) is 13.1 Å². The first-order valence-electron chi connectivity index (χ1n) is 8.51. The number of carboxylic acid groups (broad SMARTS) is 1. The van der Waals surface area contributed by atoms with Gasteiger partial charge in [-0.3, -0.25) is 24.9 Å². The minimum atomic E-state index is -0.811. The van der Waals surface area contributed by atoms with E-state index < -0.39 is 5.97 Å². The predicted octanol–water partition coefficient (Wildman–Crippen LogP) is -0.00193. The number of anilines is 1. The van der Waals surface area contributed by atoms with E-state index >= 15 is 0 Å². The molecule has 9 nitrogen and oxygen atoms in total. The number of hydrogen-bond acceptors (Lipinski definition) is 6. The summed E-state index contributed by atoms with van der Waals surface area (Å²) in [5, 5.41) is 16.3. The molecule has 0 saturated carbocycles. The van der Waals surface area contributed by atoms with Crippen molar-refractivity contribution < 1.29 is 19.4 Å². The molecule has 2 aliphatic heterocycles. The number of benzene rings is 1. The largest absolute Gasteiger partial charge is 0.480 e. The molecule has 1 aromatic rings. The Labute approximate surface area is 151 Å². The highest BCUT2D eigenvalue weighted by molar-refractivity contribution is 5.96. The summed E-state index contributed by atoms with van der Waals surface area (Å²) in [6.45, 7) is 4.08. The Kier molecular flexibility index (Phi) is 5.38. The molecule has 0 spiro atoms. The molecule has 0 bridgehead atoms. The van der Waals surface area contributed by atoms with Gasteiger partial charge in [-0.05, 0) is 24.3 Å². The smallest absolute Gasteiger partial charge is 0.414 e. The minimum Gasteiger partial charge on any atom is -0.480 e. The number of carbonyl (C=O) groups is 2. The van der Waals surface area contributed by atoms with Crippen LogP contribution in [0.15, 0.2) is 24.3 Å². The number of rotatable bonds is 6. The van der Waals surface area contributed by atoms with Crippen LogP contribution in [0, 0.1) is 5.41 Å². The van der Waals surface area contributed by atoms with Crippen LogP contribution in [0.5, 0.6) is 0 Å². The first kappa shape index (κ1) is 18.2. The SMILES string of the molecule is N=C(N)c1ccc(N2C[C@@H](CN3CCN(CC(=O)O)CC3)OC2=O)cc1. The van der Waals surface area contributed by atoms with Gasteiger partial charge >= 0.3 is 12.1 Å². The Balaban J connectivity index is 1.52. The monoisotopic (exact) mass is 361 g/mol. The van der Waals surface area contributed by atoms with Gasteiger partial charge in [0.05, 0.1) is 13.1 Å². The Morgan fingerprint density at radius 3 is 2.38 bits per heavy atom. The van der Waals surface area contributed by atoms with Crippen molar-refractivity contribution in [2.24, 2.45) is 5.73 Å². The van der Waals surface area contributed by atoms with Crippen molar-refractivity contribution in [3.05, 3.63) is 29.8 Å². The van der Waals surface area contributed by atoms with Crippen molar-refractivity contribution in [1.29, 1.82) is 5.41 Å². The minimum absolute atomic E-state index is 0.0135. The second kappa shape index (κ2) is 7.71. The molecule has 3 rings (SSSR count). The molecule has 2 heterocycles. The first-order chi connectivity index (χ1) is 12.4. The lowest BCUT2D eigenvalue weighted by atomic mass is 10.2. The van der Waals surface area contributed by atoms with E-state index in [0.29, 0.717) is 37.4 Å². The zero-order chi connectivity index (χ0) is 18.7. The van der Waals surface area contributed by atoms with Gasteiger partial charge < -0.3 is 15.6 Å². The van der Waals surface area contributed by atoms with Crippen molar-refractivity contribution >= 4 is 23.6 Å². The number of nitrogens with one attached hydrogen (secondary N) is 1. The molecular weight excluding hydrogens is 338 g/mol. The lowest BCUT2D eigenvalue weighted by molar-refractivity contribution is -0.138. The lowest BCUT2D eigenvalue weighted by Gasteiger charge is -2.34. The van der Waals surface area contributed by atoms with Crippen LogP contribution in [-0.4, -0.2) is 84.7 Å². The third-order valence-corrected chi connectivity index (χ3v) is 4.65. The maximum atomic E-state index is 12.2. The third kappa shape index (κ3) is 4.30. The zero-order valence-corrected chi connectivity index (χ0v) is 14.4. The summed E-state index contributed by atoms with van der Waals surface area (Å²) in [4.78, 5) is 28.6. The zero-order valence-electron chi connectivity index (χ0n) is 14.4. The van der Waals surface area contributed by atoms with E-state index in [1.807, 2.05) is 4.90 Å². The highest BCUT2D eigenvalue weighted by atomic mass is 16.6. The maximum Gasteiger partial charge on any atom is 0.414 e. The van der Waals surface area contributed by atoms with Crippen molar-refractivity contribution in [2.45, 2.75) is 6.10 Å². The number of nitrogens with two attached hydrogens (primary N) is 1. The average molecular weight is 361 g/mol. The normalized spacial score (nSPS) is 21.6. The van der Waals surface area contributed by atoms with E-state index in [-0.39, 0.29) is 24.6 Å². The average Bonchev–Trinajstić information content (AvgIpc) is 2.96. The topological polar surface area (TPSA) is 123 Å². The molecule has 0 aliphatic carbocycles. The Morgan fingerprint density at radius 2 is 1.81 bits per heavy atom. The number of cyclic esters (lactones) is 1. The molecule has 1 aromatic carbocycles. The van der Waals surface area contributed by atoms with Gasteiger partial charge in [0.1, 0.15) is 11.9 Å². The molecule has 0 radical (unpaired) electrons. The summed E-state index contributed by atoms with van der Waals surface area (Å²) in [5.41, 5.74) is 6.77. The first-order valence-corrected chi connectivity index (χ1v) is 8.51. The quantitative estimate of drug-likeness (QED) is 0.481.